The number of benzene rings is 1. The number of rotatable bonds is 4. The van der Waals surface area contributed by atoms with Crippen LogP contribution in [0.4, 0.5) is 0 Å². The van der Waals surface area contributed by atoms with Gasteiger partial charge in [0.05, 0.1) is 5.02 Å². The van der Waals surface area contributed by atoms with Gasteiger partial charge in [0.25, 0.3) is 0 Å². The summed E-state index contributed by atoms with van der Waals surface area (Å²) in [7, 11) is -3.66. The van der Waals surface area contributed by atoms with Gasteiger partial charge in [0.2, 0.25) is 10.0 Å². The summed E-state index contributed by atoms with van der Waals surface area (Å²) in [6, 6.07) is 4.81. The highest BCUT2D eigenvalue weighted by Crippen LogP contribution is 2.29. The molecule has 0 heterocycles. The van der Waals surface area contributed by atoms with Crippen molar-refractivity contribution in [3.63, 3.8) is 0 Å². The van der Waals surface area contributed by atoms with Crippen LogP contribution in [-0.2, 0) is 10.0 Å². The van der Waals surface area contributed by atoms with E-state index in [9.17, 15) is 8.42 Å². The molecular formula is C10H14BrClN2O2S. The van der Waals surface area contributed by atoms with Crippen molar-refractivity contribution in [2.24, 2.45) is 5.73 Å². The molecule has 4 nitrogen and oxygen atoms in total. The third-order valence-corrected chi connectivity index (χ3v) is 4.76. The molecule has 0 saturated heterocycles. The van der Waals surface area contributed by atoms with Crippen LogP contribution in [0.2, 0.25) is 5.02 Å². The number of nitrogens with two attached hydrogens (primary N) is 1. The minimum absolute atomic E-state index is 0.0333. The van der Waals surface area contributed by atoms with E-state index in [1.165, 1.54) is 6.07 Å². The first-order chi connectivity index (χ1) is 7.63. The number of nitrogens with one attached hydrogen (secondary N) is 1. The minimum atomic E-state index is -3.66. The molecule has 0 aromatic heterocycles. The van der Waals surface area contributed by atoms with Gasteiger partial charge in [0.15, 0.2) is 0 Å². The Morgan fingerprint density at radius 1 is 1.47 bits per heavy atom. The highest BCUT2D eigenvalue weighted by Gasteiger charge is 2.23. The van der Waals surface area contributed by atoms with E-state index < -0.39 is 15.6 Å². The number of sulfonamides is 1. The Kier molecular flexibility index (Phi) is 4.60. The van der Waals surface area contributed by atoms with Crippen molar-refractivity contribution >= 4 is 37.6 Å². The topological polar surface area (TPSA) is 72.2 Å². The van der Waals surface area contributed by atoms with Gasteiger partial charge in [-0.05, 0) is 41.9 Å². The molecule has 0 fully saturated rings. The molecule has 1 aromatic carbocycles. The second-order valence-electron chi connectivity index (χ2n) is 4.36. The van der Waals surface area contributed by atoms with Crippen molar-refractivity contribution in [2.75, 3.05) is 6.54 Å². The van der Waals surface area contributed by atoms with Crippen LogP contribution in [0.1, 0.15) is 13.8 Å². The van der Waals surface area contributed by atoms with Gasteiger partial charge < -0.3 is 5.73 Å². The molecule has 0 radical (unpaired) electrons. The summed E-state index contributed by atoms with van der Waals surface area (Å²) in [5, 5.41) is 0.168. The predicted molar refractivity (Wildman–Crippen MR) is 72.6 cm³/mol. The van der Waals surface area contributed by atoms with Crippen molar-refractivity contribution in [1.82, 2.24) is 4.72 Å². The zero-order valence-corrected chi connectivity index (χ0v) is 12.7. The van der Waals surface area contributed by atoms with Crippen LogP contribution in [0.3, 0.4) is 0 Å². The van der Waals surface area contributed by atoms with Crippen LogP contribution < -0.4 is 10.5 Å². The molecule has 0 atom stereocenters. The number of hydrogen-bond donors (Lipinski definition) is 2. The summed E-state index contributed by atoms with van der Waals surface area (Å²) < 4.78 is 26.9. The molecule has 0 spiro atoms. The molecular weight excluding hydrogens is 328 g/mol. The van der Waals surface area contributed by atoms with Crippen LogP contribution in [0.25, 0.3) is 0 Å². The third kappa shape index (κ3) is 4.22. The fourth-order valence-corrected chi connectivity index (χ4v) is 4.05. The van der Waals surface area contributed by atoms with E-state index in [0.717, 1.165) is 0 Å². The summed E-state index contributed by atoms with van der Waals surface area (Å²) in [5.41, 5.74) is 5.10. The molecule has 0 unspecified atom stereocenters. The molecule has 0 aliphatic rings. The minimum Gasteiger partial charge on any atom is -0.324 e. The monoisotopic (exact) mass is 340 g/mol. The highest BCUT2D eigenvalue weighted by atomic mass is 79.9. The Balaban J connectivity index is 3.06. The van der Waals surface area contributed by atoms with E-state index in [1.807, 2.05) is 0 Å². The summed E-state index contributed by atoms with van der Waals surface area (Å²) in [6.07, 6.45) is 0. The lowest BCUT2D eigenvalue weighted by Gasteiger charge is -2.19. The van der Waals surface area contributed by atoms with Gasteiger partial charge in [0.1, 0.15) is 4.90 Å². The van der Waals surface area contributed by atoms with E-state index in [4.69, 9.17) is 17.3 Å². The van der Waals surface area contributed by atoms with E-state index in [2.05, 4.69) is 20.7 Å². The van der Waals surface area contributed by atoms with E-state index in [0.29, 0.717) is 4.47 Å². The maximum atomic E-state index is 12.0. The standard InChI is InChI=1S/C10H14BrClN2O2S/c1-10(2,13)6-14-17(15,16)9-7(11)4-3-5-8(9)12/h3-5,14H,6,13H2,1-2H3. The normalized spacial score (nSPS) is 12.8. The summed E-state index contributed by atoms with van der Waals surface area (Å²) in [6.45, 7) is 3.60. The zero-order chi connectivity index (χ0) is 13.3. The molecule has 17 heavy (non-hydrogen) atoms. The summed E-state index contributed by atoms with van der Waals surface area (Å²) in [4.78, 5) is 0.0333. The maximum Gasteiger partial charge on any atom is 0.243 e. The fourth-order valence-electron chi connectivity index (χ4n) is 1.09. The van der Waals surface area contributed by atoms with Crippen LogP contribution >= 0.6 is 27.5 Å². The molecule has 0 aliphatic heterocycles. The summed E-state index contributed by atoms with van der Waals surface area (Å²) in [5.74, 6) is 0. The van der Waals surface area contributed by atoms with Crippen molar-refractivity contribution in [3.05, 3.63) is 27.7 Å². The van der Waals surface area contributed by atoms with Gasteiger partial charge in [-0.1, -0.05) is 17.7 Å². The first-order valence-electron chi connectivity index (χ1n) is 4.86. The first kappa shape index (κ1) is 14.9. The lowest BCUT2D eigenvalue weighted by molar-refractivity contribution is 0.498. The van der Waals surface area contributed by atoms with Crippen molar-refractivity contribution in [3.8, 4) is 0 Å². The van der Waals surface area contributed by atoms with Crippen molar-refractivity contribution < 1.29 is 8.42 Å². The molecule has 0 bridgehead atoms. The van der Waals surface area contributed by atoms with Gasteiger partial charge in [-0.25, -0.2) is 13.1 Å². The van der Waals surface area contributed by atoms with Gasteiger partial charge in [-0.15, -0.1) is 0 Å². The lowest BCUT2D eigenvalue weighted by atomic mass is 10.1. The first-order valence-corrected chi connectivity index (χ1v) is 7.51. The second-order valence-corrected chi connectivity index (χ2v) is 7.33. The van der Waals surface area contributed by atoms with Crippen LogP contribution in [0, 0.1) is 0 Å². The average molecular weight is 342 g/mol. The lowest BCUT2D eigenvalue weighted by Crippen LogP contribution is -2.45. The SMILES string of the molecule is CC(C)(N)CNS(=O)(=O)c1c(Cl)cccc1Br. The van der Waals surface area contributed by atoms with Gasteiger partial charge in [-0.2, -0.15) is 0 Å². The quantitative estimate of drug-likeness (QED) is 0.881. The Bertz CT molecular complexity index is 491. The number of halogens is 2. The van der Waals surface area contributed by atoms with Crippen LogP contribution in [-0.4, -0.2) is 20.5 Å². The Morgan fingerprint density at radius 2 is 2.06 bits per heavy atom. The van der Waals surface area contributed by atoms with Crippen molar-refractivity contribution in [1.29, 1.82) is 0 Å². The molecule has 7 heteroatoms. The van der Waals surface area contributed by atoms with E-state index in [1.54, 1.807) is 26.0 Å². The summed E-state index contributed by atoms with van der Waals surface area (Å²) >= 11 is 9.05. The Morgan fingerprint density at radius 3 is 2.53 bits per heavy atom. The predicted octanol–water partition coefficient (Wildman–Crippen LogP) is 2.12. The molecule has 3 N–H and O–H groups in total. The van der Waals surface area contributed by atoms with Gasteiger partial charge >= 0.3 is 0 Å². The highest BCUT2D eigenvalue weighted by molar-refractivity contribution is 9.10. The zero-order valence-electron chi connectivity index (χ0n) is 9.50. The fraction of sp³-hybridized carbons (Fsp3) is 0.400. The smallest absolute Gasteiger partial charge is 0.243 e. The molecule has 0 saturated carbocycles. The van der Waals surface area contributed by atoms with Gasteiger partial charge in [0, 0.05) is 16.6 Å². The van der Waals surface area contributed by atoms with E-state index in [-0.39, 0.29) is 16.5 Å². The molecule has 96 valence electrons. The third-order valence-electron chi connectivity index (χ3n) is 1.91. The van der Waals surface area contributed by atoms with Crippen LogP contribution in [0.15, 0.2) is 27.6 Å². The Labute approximate surface area is 115 Å². The van der Waals surface area contributed by atoms with E-state index >= 15 is 0 Å². The Hall–Kier alpha value is -0.140. The average Bonchev–Trinajstić information content (AvgIpc) is 2.13. The van der Waals surface area contributed by atoms with Crippen molar-refractivity contribution in [2.45, 2.75) is 24.3 Å². The molecule has 1 aromatic rings. The van der Waals surface area contributed by atoms with Gasteiger partial charge in [-0.3, -0.25) is 0 Å². The van der Waals surface area contributed by atoms with Crippen LogP contribution in [0.5, 0.6) is 0 Å². The largest absolute Gasteiger partial charge is 0.324 e. The molecule has 0 amide bonds. The second kappa shape index (κ2) is 5.24. The maximum absolute atomic E-state index is 12.0. The molecule has 0 aliphatic carbocycles. The number of hydrogen-bond acceptors (Lipinski definition) is 3. The molecule has 1 rings (SSSR count).